The number of hydrogen-bond acceptors (Lipinski definition) is 4. The van der Waals surface area contributed by atoms with Crippen molar-refractivity contribution >= 4 is 46.2 Å². The van der Waals surface area contributed by atoms with E-state index in [2.05, 4.69) is 143 Å². The topological polar surface area (TPSA) is 56.7 Å². The average Bonchev–Trinajstić information content (AvgIpc) is 3.83. The number of para-hydroxylation sites is 1. The molecule has 0 unspecified atom stereocenters. The van der Waals surface area contributed by atoms with Crippen LogP contribution in [0.3, 0.4) is 0 Å². The molecule has 0 atom stereocenters. The van der Waals surface area contributed by atoms with Gasteiger partial charge in [-0.05, 0) is 76.2 Å². The van der Waals surface area contributed by atoms with Crippen molar-refractivity contribution in [3.05, 3.63) is 162 Å². The van der Waals surface area contributed by atoms with Gasteiger partial charge in [0.1, 0.15) is 5.58 Å². The molecule has 7 heteroatoms. The number of fused-ring (bicyclic) bond motifs is 4. The summed E-state index contributed by atoms with van der Waals surface area (Å²) in [6.07, 6.45) is 3.77. The third-order valence-corrected chi connectivity index (χ3v) is 12.8. The van der Waals surface area contributed by atoms with E-state index in [0.717, 1.165) is 61.3 Å². The number of aromatic nitrogens is 4. The number of furan rings is 1. The van der Waals surface area contributed by atoms with E-state index in [1.807, 2.05) is 42.7 Å². The SMILES string of the molecule is Cc1nccc2nc(-c3[c-]ccc4c3oc3ccccc34)n(-c3c(C(C)C)cc(-c4ccccc4)cc3C(C)C)c12.[2H]C([2H])([2H])c1c[c-]c(-c2ccc([Si](C)(C)C)cn2)cc1.[Ir]. The zero-order valence-corrected chi connectivity index (χ0v) is 38.2. The Morgan fingerprint density at radius 2 is 1.49 bits per heavy atom. The largest absolute Gasteiger partial charge is 0.501 e. The number of pyridine rings is 2. The quantitative estimate of drug-likeness (QED) is 0.118. The number of nitrogens with zero attached hydrogens (tertiary/aromatic N) is 4. The second-order valence-corrected chi connectivity index (χ2v) is 21.7. The maximum absolute atomic E-state index is 7.35. The van der Waals surface area contributed by atoms with Crippen molar-refractivity contribution in [2.45, 2.75) is 72.9 Å². The fourth-order valence-electron chi connectivity index (χ4n) is 7.62. The minimum Gasteiger partial charge on any atom is -0.501 e. The van der Waals surface area contributed by atoms with Gasteiger partial charge < -0.3 is 14.0 Å². The molecule has 0 aliphatic heterocycles. The zero-order chi connectivity index (χ0) is 43.2. The van der Waals surface area contributed by atoms with Crippen molar-refractivity contribution in [1.82, 2.24) is 19.5 Å². The van der Waals surface area contributed by atoms with Gasteiger partial charge in [0.25, 0.3) is 0 Å². The van der Waals surface area contributed by atoms with Crippen LogP contribution in [0.2, 0.25) is 19.6 Å². The normalized spacial score (nSPS) is 12.6. The molecule has 0 aliphatic rings. The summed E-state index contributed by atoms with van der Waals surface area (Å²) in [6, 6.07) is 45.1. The number of hydrogen-bond donors (Lipinski definition) is 0. The third-order valence-electron chi connectivity index (χ3n) is 10.8. The third kappa shape index (κ3) is 8.25. The summed E-state index contributed by atoms with van der Waals surface area (Å²) >= 11 is 0. The molecule has 5 aromatic carbocycles. The van der Waals surface area contributed by atoms with E-state index in [-0.39, 0.29) is 31.9 Å². The van der Waals surface area contributed by atoms with Crippen LogP contribution in [0.25, 0.3) is 72.4 Å². The minimum atomic E-state index is -2.08. The smallest absolute Gasteiger partial charge is 0.120 e. The molecule has 0 aliphatic carbocycles. The van der Waals surface area contributed by atoms with Gasteiger partial charge in [0.2, 0.25) is 0 Å². The first-order chi connectivity index (χ1) is 29.1. The van der Waals surface area contributed by atoms with Crippen LogP contribution in [-0.4, -0.2) is 27.6 Å². The van der Waals surface area contributed by atoms with Crippen LogP contribution in [0.15, 0.2) is 132 Å². The summed E-state index contributed by atoms with van der Waals surface area (Å²) in [6.45, 7) is 15.9. The Morgan fingerprint density at radius 3 is 2.14 bits per heavy atom. The maximum atomic E-state index is 7.35. The molecule has 0 saturated heterocycles. The summed E-state index contributed by atoms with van der Waals surface area (Å²) in [5.74, 6) is 1.37. The van der Waals surface area contributed by atoms with Gasteiger partial charge in [0.05, 0.1) is 36.2 Å². The van der Waals surface area contributed by atoms with Crippen LogP contribution in [0.4, 0.5) is 0 Å². The number of aryl methyl sites for hydroxylation is 2. The number of benzene rings is 5. The Labute approximate surface area is 367 Å². The van der Waals surface area contributed by atoms with Crippen molar-refractivity contribution in [3.8, 4) is 39.5 Å². The fourth-order valence-corrected chi connectivity index (χ4v) is 8.66. The number of imidazole rings is 1. The van der Waals surface area contributed by atoms with Gasteiger partial charge in [-0.1, -0.05) is 126 Å². The molecule has 0 spiro atoms. The Balaban J connectivity index is 0.000000233. The maximum Gasteiger partial charge on any atom is 0.120 e. The van der Waals surface area contributed by atoms with Crippen molar-refractivity contribution in [2.75, 3.05) is 0 Å². The van der Waals surface area contributed by atoms with Gasteiger partial charge in [-0.2, -0.15) is 0 Å². The predicted octanol–water partition coefficient (Wildman–Crippen LogP) is 13.4. The molecular weight excluding hydrogens is 917 g/mol. The first kappa shape index (κ1) is 37.8. The first-order valence-corrected chi connectivity index (χ1v) is 23.5. The molecule has 1 radical (unpaired) electrons. The minimum absolute atomic E-state index is 0. The Morgan fingerprint density at radius 1 is 0.763 bits per heavy atom. The molecule has 0 N–H and O–H groups in total. The van der Waals surface area contributed by atoms with Gasteiger partial charge in [0.15, 0.2) is 0 Å². The molecule has 0 bridgehead atoms. The van der Waals surface area contributed by atoms with Crippen LogP contribution in [0.1, 0.15) is 66.0 Å². The summed E-state index contributed by atoms with van der Waals surface area (Å²) < 4.78 is 30.9. The van der Waals surface area contributed by atoms with E-state index in [9.17, 15) is 0 Å². The van der Waals surface area contributed by atoms with Crippen LogP contribution < -0.4 is 5.19 Å². The molecule has 4 aromatic heterocycles. The van der Waals surface area contributed by atoms with Crippen LogP contribution in [0, 0.1) is 25.9 Å². The molecule has 299 valence electrons. The first-order valence-electron chi connectivity index (χ1n) is 21.5. The van der Waals surface area contributed by atoms with Gasteiger partial charge >= 0.3 is 0 Å². The van der Waals surface area contributed by atoms with E-state index in [1.165, 1.54) is 39.2 Å². The molecule has 0 saturated carbocycles. The molecule has 4 heterocycles. The Hall–Kier alpha value is -5.46. The van der Waals surface area contributed by atoms with Gasteiger partial charge in [0, 0.05) is 47.7 Å². The molecule has 9 rings (SSSR count). The summed E-state index contributed by atoms with van der Waals surface area (Å²) in [5, 5.41) is 3.46. The van der Waals surface area contributed by atoms with E-state index in [1.54, 1.807) is 12.1 Å². The standard InChI is InChI=1S/C37H32N3O.C15H18NSi.Ir/c1-22(2)30-20-26(25-12-7-6-8-13-25)21-31(23(3)4)35(30)40-34-24(5)38-19-18-32(34)39-37(40)29-16-11-15-28-27-14-9-10-17-33(27)41-36(28)29;1-12-5-7-13(8-6-12)15-10-9-14(11-16-15)17(2,3)4;/h6-15,17-23H,1-5H3;5-7,9-11H,1-4H3;/q2*-1;/i;1D3;. The zero-order valence-electron chi connectivity index (χ0n) is 37.8. The van der Waals surface area contributed by atoms with Crippen LogP contribution >= 0.6 is 0 Å². The van der Waals surface area contributed by atoms with Gasteiger partial charge in [-0.25, -0.2) is 0 Å². The molecule has 0 fully saturated rings. The second-order valence-electron chi connectivity index (χ2n) is 16.6. The van der Waals surface area contributed by atoms with E-state index >= 15 is 0 Å². The van der Waals surface area contributed by atoms with Crippen molar-refractivity contribution < 1.29 is 28.6 Å². The molecule has 0 amide bonds. The average molecular weight is 970 g/mol. The Kier molecular flexibility index (Phi) is 10.9. The van der Waals surface area contributed by atoms with Crippen molar-refractivity contribution in [2.24, 2.45) is 0 Å². The molecule has 59 heavy (non-hydrogen) atoms. The fraction of sp³-hybridized carbons (Fsp3) is 0.212. The predicted molar refractivity (Wildman–Crippen MR) is 245 cm³/mol. The summed E-state index contributed by atoms with van der Waals surface area (Å²) in [5.41, 5.74) is 13.5. The molecule has 9 aromatic rings. The van der Waals surface area contributed by atoms with E-state index in [4.69, 9.17) is 18.5 Å². The summed E-state index contributed by atoms with van der Waals surface area (Å²) in [4.78, 5) is 14.4. The molecular formula is C52H50IrN4OSi-2. The van der Waals surface area contributed by atoms with Crippen LogP contribution in [-0.2, 0) is 20.1 Å². The van der Waals surface area contributed by atoms with Crippen molar-refractivity contribution in [3.63, 3.8) is 0 Å². The number of rotatable bonds is 7. The van der Waals surface area contributed by atoms with Crippen molar-refractivity contribution in [1.29, 1.82) is 0 Å². The monoisotopic (exact) mass is 970 g/mol. The second kappa shape index (κ2) is 17.0. The molecule has 5 nitrogen and oxygen atoms in total. The van der Waals surface area contributed by atoms with E-state index < -0.39 is 14.9 Å². The summed E-state index contributed by atoms with van der Waals surface area (Å²) in [7, 11) is -1.34. The van der Waals surface area contributed by atoms with E-state index in [0.29, 0.717) is 5.56 Å². The van der Waals surface area contributed by atoms with Gasteiger partial charge in [-0.15, -0.1) is 53.6 Å². The van der Waals surface area contributed by atoms with Crippen LogP contribution in [0.5, 0.6) is 0 Å². The Bertz CT molecular complexity index is 2920. The van der Waals surface area contributed by atoms with Gasteiger partial charge in [-0.3, -0.25) is 9.97 Å².